The minimum Gasteiger partial charge on any atom is -0.472 e. The number of piperidine rings is 1. The molecule has 0 bridgehead atoms. The van der Waals surface area contributed by atoms with Gasteiger partial charge in [0.1, 0.15) is 23.9 Å². The number of hydrogen-bond donors (Lipinski definition) is 1. The molecule has 7 nitrogen and oxygen atoms in total. The number of rotatable bonds is 4. The predicted octanol–water partition coefficient (Wildman–Crippen LogP) is 2.83. The fourth-order valence-electron chi connectivity index (χ4n) is 2.62. The maximum absolute atomic E-state index is 12.2. The van der Waals surface area contributed by atoms with Crippen molar-refractivity contribution in [1.82, 2.24) is 14.9 Å². The molecule has 24 heavy (non-hydrogen) atoms. The molecule has 0 unspecified atom stereocenters. The molecule has 1 aliphatic heterocycles. The smallest absolute Gasteiger partial charge is 0.410 e. The van der Waals surface area contributed by atoms with Crippen LogP contribution in [0.15, 0.2) is 12.4 Å². The highest BCUT2D eigenvalue weighted by Crippen LogP contribution is 2.25. The summed E-state index contributed by atoms with van der Waals surface area (Å²) in [6, 6.07) is 2.36. The Kier molecular flexibility index (Phi) is 4.78. The van der Waals surface area contributed by atoms with Crippen LogP contribution in [-0.4, -0.2) is 51.8 Å². The maximum atomic E-state index is 12.2. The standard InChI is InChI=1S/C17H26N4O3/c1-17(2,3)24-16(22)21-8-4-5-13(10-21)23-15-9-14(18-11-19-15)20-12-6-7-12/h9,11-13H,4-8,10H2,1-3H3,(H,18,19,20)/t13-/m0/s1. The van der Waals surface area contributed by atoms with Gasteiger partial charge in [-0.1, -0.05) is 0 Å². The van der Waals surface area contributed by atoms with Crippen LogP contribution in [0, 0.1) is 0 Å². The van der Waals surface area contributed by atoms with Gasteiger partial charge in [-0.3, -0.25) is 0 Å². The summed E-state index contributed by atoms with van der Waals surface area (Å²) in [5, 5.41) is 3.33. The van der Waals surface area contributed by atoms with E-state index in [1.165, 1.54) is 19.2 Å². The summed E-state index contributed by atoms with van der Waals surface area (Å²) in [6.07, 6.45) is 5.32. The molecule has 1 amide bonds. The monoisotopic (exact) mass is 334 g/mol. The van der Waals surface area contributed by atoms with Gasteiger partial charge in [-0.25, -0.2) is 14.8 Å². The van der Waals surface area contributed by atoms with Crippen molar-refractivity contribution in [3.8, 4) is 5.88 Å². The molecule has 2 heterocycles. The molecule has 7 heteroatoms. The van der Waals surface area contributed by atoms with Crippen LogP contribution in [0.3, 0.4) is 0 Å². The number of hydrogen-bond acceptors (Lipinski definition) is 6. The number of aromatic nitrogens is 2. The lowest BCUT2D eigenvalue weighted by Crippen LogP contribution is -2.46. The largest absolute Gasteiger partial charge is 0.472 e. The van der Waals surface area contributed by atoms with Crippen LogP contribution in [-0.2, 0) is 4.74 Å². The van der Waals surface area contributed by atoms with E-state index in [0.29, 0.717) is 25.0 Å². The first-order valence-electron chi connectivity index (χ1n) is 8.62. The average Bonchev–Trinajstić information content (AvgIpc) is 3.30. The van der Waals surface area contributed by atoms with Crippen LogP contribution < -0.4 is 10.1 Å². The number of carbonyl (C=O) groups is 1. The highest BCUT2D eigenvalue weighted by atomic mass is 16.6. The molecule has 0 aromatic carbocycles. The number of anilines is 1. The topological polar surface area (TPSA) is 76.6 Å². The fraction of sp³-hybridized carbons (Fsp3) is 0.706. The van der Waals surface area contributed by atoms with Gasteiger partial charge >= 0.3 is 6.09 Å². The first-order chi connectivity index (χ1) is 11.4. The fourth-order valence-corrected chi connectivity index (χ4v) is 2.62. The highest BCUT2D eigenvalue weighted by molar-refractivity contribution is 5.68. The third-order valence-corrected chi connectivity index (χ3v) is 3.89. The van der Waals surface area contributed by atoms with E-state index >= 15 is 0 Å². The predicted molar refractivity (Wildman–Crippen MR) is 90.1 cm³/mol. The van der Waals surface area contributed by atoms with Crippen molar-refractivity contribution in [3.05, 3.63) is 12.4 Å². The molecule has 1 aliphatic carbocycles. The maximum Gasteiger partial charge on any atom is 0.410 e. The number of amides is 1. The van der Waals surface area contributed by atoms with E-state index in [9.17, 15) is 4.79 Å². The van der Waals surface area contributed by atoms with E-state index in [2.05, 4.69) is 15.3 Å². The Balaban J connectivity index is 1.56. The summed E-state index contributed by atoms with van der Waals surface area (Å²) < 4.78 is 11.4. The molecule has 1 N–H and O–H groups in total. The lowest BCUT2D eigenvalue weighted by Gasteiger charge is -2.33. The first-order valence-corrected chi connectivity index (χ1v) is 8.62. The van der Waals surface area contributed by atoms with Crippen molar-refractivity contribution >= 4 is 11.9 Å². The van der Waals surface area contributed by atoms with Gasteiger partial charge in [0, 0.05) is 18.7 Å². The molecule has 1 saturated heterocycles. The van der Waals surface area contributed by atoms with Crippen LogP contribution in [0.2, 0.25) is 0 Å². The Morgan fingerprint density at radius 3 is 2.79 bits per heavy atom. The molecule has 1 saturated carbocycles. The summed E-state index contributed by atoms with van der Waals surface area (Å²) >= 11 is 0. The van der Waals surface area contributed by atoms with Crippen LogP contribution >= 0.6 is 0 Å². The zero-order valence-corrected chi connectivity index (χ0v) is 14.6. The Bertz CT molecular complexity index is 583. The van der Waals surface area contributed by atoms with Gasteiger partial charge in [0.15, 0.2) is 0 Å². The van der Waals surface area contributed by atoms with Gasteiger partial charge < -0.3 is 19.7 Å². The van der Waals surface area contributed by atoms with Crippen LogP contribution in [0.5, 0.6) is 5.88 Å². The molecular formula is C17H26N4O3. The molecule has 1 aromatic rings. The van der Waals surface area contributed by atoms with Gasteiger partial charge in [0.05, 0.1) is 6.54 Å². The Morgan fingerprint density at radius 1 is 1.29 bits per heavy atom. The Hall–Kier alpha value is -2.05. The lowest BCUT2D eigenvalue weighted by atomic mass is 10.1. The molecular weight excluding hydrogens is 308 g/mol. The number of ether oxygens (including phenoxy) is 2. The molecule has 0 spiro atoms. The molecule has 1 aromatic heterocycles. The van der Waals surface area contributed by atoms with Crippen molar-refractivity contribution in [3.63, 3.8) is 0 Å². The second-order valence-electron chi connectivity index (χ2n) is 7.47. The summed E-state index contributed by atoms with van der Waals surface area (Å²) in [5.41, 5.74) is -0.485. The minimum absolute atomic E-state index is 0.0741. The third-order valence-electron chi connectivity index (χ3n) is 3.89. The molecule has 0 radical (unpaired) electrons. The number of carbonyl (C=O) groups excluding carboxylic acids is 1. The molecule has 2 fully saturated rings. The van der Waals surface area contributed by atoms with Gasteiger partial charge in [0.2, 0.25) is 5.88 Å². The van der Waals surface area contributed by atoms with Crippen LogP contribution in [0.4, 0.5) is 10.6 Å². The number of likely N-dealkylation sites (tertiary alicyclic amines) is 1. The first kappa shape index (κ1) is 16.8. The Morgan fingerprint density at radius 2 is 2.08 bits per heavy atom. The summed E-state index contributed by atoms with van der Waals surface area (Å²) in [6.45, 7) is 6.84. The normalized spacial score (nSPS) is 21.3. The van der Waals surface area contributed by atoms with E-state index in [1.54, 1.807) is 4.90 Å². The van der Waals surface area contributed by atoms with Crippen molar-refractivity contribution < 1.29 is 14.3 Å². The van der Waals surface area contributed by atoms with E-state index in [1.807, 2.05) is 26.8 Å². The second kappa shape index (κ2) is 6.83. The van der Waals surface area contributed by atoms with Gasteiger partial charge in [0.25, 0.3) is 0 Å². The van der Waals surface area contributed by atoms with Crippen molar-refractivity contribution in [2.24, 2.45) is 0 Å². The average molecular weight is 334 g/mol. The molecule has 132 valence electrons. The summed E-state index contributed by atoms with van der Waals surface area (Å²) in [5.74, 6) is 1.34. The highest BCUT2D eigenvalue weighted by Gasteiger charge is 2.29. The van der Waals surface area contributed by atoms with Crippen molar-refractivity contribution in [2.75, 3.05) is 18.4 Å². The van der Waals surface area contributed by atoms with E-state index in [4.69, 9.17) is 9.47 Å². The molecule has 1 atom stereocenters. The third kappa shape index (κ3) is 4.97. The molecule has 3 rings (SSSR count). The van der Waals surface area contributed by atoms with Crippen LogP contribution in [0.1, 0.15) is 46.5 Å². The van der Waals surface area contributed by atoms with Gasteiger partial charge in [-0.15, -0.1) is 0 Å². The second-order valence-corrected chi connectivity index (χ2v) is 7.47. The number of nitrogens with one attached hydrogen (secondary N) is 1. The SMILES string of the molecule is CC(C)(C)OC(=O)N1CCC[C@H](Oc2cc(NC3CC3)ncn2)C1. The summed E-state index contributed by atoms with van der Waals surface area (Å²) in [7, 11) is 0. The minimum atomic E-state index is -0.485. The van der Waals surface area contributed by atoms with E-state index < -0.39 is 5.60 Å². The van der Waals surface area contributed by atoms with E-state index in [-0.39, 0.29) is 12.2 Å². The van der Waals surface area contributed by atoms with E-state index in [0.717, 1.165) is 18.7 Å². The van der Waals surface area contributed by atoms with Gasteiger partial charge in [-0.2, -0.15) is 0 Å². The number of nitrogens with zero attached hydrogens (tertiary/aromatic N) is 3. The quantitative estimate of drug-likeness (QED) is 0.912. The lowest BCUT2D eigenvalue weighted by molar-refractivity contribution is 0.00721. The zero-order chi connectivity index (χ0) is 17.2. The molecule has 2 aliphatic rings. The zero-order valence-electron chi connectivity index (χ0n) is 14.6. The summed E-state index contributed by atoms with van der Waals surface area (Å²) in [4.78, 5) is 22.3. The van der Waals surface area contributed by atoms with Crippen molar-refractivity contribution in [2.45, 2.75) is 64.2 Å². The van der Waals surface area contributed by atoms with Crippen molar-refractivity contribution in [1.29, 1.82) is 0 Å². The van der Waals surface area contributed by atoms with Gasteiger partial charge in [-0.05, 0) is 46.5 Å². The Labute approximate surface area is 142 Å². The van der Waals surface area contributed by atoms with Crippen LogP contribution in [0.25, 0.3) is 0 Å².